The summed E-state index contributed by atoms with van der Waals surface area (Å²) in [5.41, 5.74) is 1.37. The molecule has 2 aromatic rings. The zero-order chi connectivity index (χ0) is 20.5. The van der Waals surface area contributed by atoms with E-state index in [4.69, 9.17) is 23.2 Å². The van der Waals surface area contributed by atoms with E-state index in [9.17, 15) is 13.2 Å². The third-order valence-corrected chi connectivity index (χ3v) is 7.54. The summed E-state index contributed by atoms with van der Waals surface area (Å²) < 4.78 is 27.7. The lowest BCUT2D eigenvalue weighted by Crippen LogP contribution is -2.42. The lowest BCUT2D eigenvalue weighted by atomic mass is 10.1. The van der Waals surface area contributed by atoms with Gasteiger partial charge in [0.05, 0.1) is 15.6 Å². The molecule has 0 saturated carbocycles. The Kier molecular flexibility index (Phi) is 6.34. The molecule has 150 valence electrons. The van der Waals surface area contributed by atoms with Gasteiger partial charge in [-0.25, -0.2) is 8.42 Å². The number of hydrogen-bond acceptors (Lipinski definition) is 3. The first-order valence-electron chi connectivity index (χ1n) is 9.09. The summed E-state index contributed by atoms with van der Waals surface area (Å²) in [5, 5.41) is 3.49. The summed E-state index contributed by atoms with van der Waals surface area (Å²) in [5.74, 6) is -0.425. The van der Waals surface area contributed by atoms with Crippen LogP contribution in [0.25, 0.3) is 0 Å². The normalized spacial score (nSPS) is 18.1. The molecule has 1 amide bonds. The molecule has 0 radical (unpaired) electrons. The molecule has 3 rings (SSSR count). The minimum Gasteiger partial charge on any atom is -0.321 e. The van der Waals surface area contributed by atoms with Gasteiger partial charge in [-0.1, -0.05) is 35.7 Å². The van der Waals surface area contributed by atoms with Gasteiger partial charge in [0.2, 0.25) is 10.0 Å². The average Bonchev–Trinajstić information content (AvgIpc) is 2.64. The van der Waals surface area contributed by atoms with E-state index < -0.39 is 15.9 Å². The zero-order valence-electron chi connectivity index (χ0n) is 15.7. The molecule has 1 fully saturated rings. The second-order valence-electron chi connectivity index (χ2n) is 7.02. The van der Waals surface area contributed by atoms with Crippen molar-refractivity contribution < 1.29 is 13.2 Å². The molecule has 1 saturated heterocycles. The smallest absolute Gasteiger partial charge is 0.256 e. The van der Waals surface area contributed by atoms with E-state index in [1.165, 1.54) is 16.4 Å². The standard InChI is InChI=1S/C20H22Cl2N2O3S/c1-13-6-8-16(28(26,27)24-10-4-3-5-14(24)2)12-17(13)20(25)23-19-9-7-15(21)11-18(19)22/h6-9,11-12,14H,3-5,10H2,1-2H3,(H,23,25). The molecule has 0 aromatic heterocycles. The van der Waals surface area contributed by atoms with Gasteiger partial charge in [-0.05, 0) is 62.6 Å². The number of benzene rings is 2. The summed E-state index contributed by atoms with van der Waals surface area (Å²) in [4.78, 5) is 12.9. The van der Waals surface area contributed by atoms with Crippen LogP contribution in [0.3, 0.4) is 0 Å². The molecule has 8 heteroatoms. The van der Waals surface area contributed by atoms with Gasteiger partial charge < -0.3 is 5.32 Å². The number of carbonyl (C=O) groups is 1. The lowest BCUT2D eigenvalue weighted by Gasteiger charge is -2.32. The Morgan fingerprint density at radius 1 is 1.14 bits per heavy atom. The fourth-order valence-electron chi connectivity index (χ4n) is 3.35. The van der Waals surface area contributed by atoms with Gasteiger partial charge in [-0.2, -0.15) is 4.31 Å². The van der Waals surface area contributed by atoms with Crippen molar-refractivity contribution in [3.63, 3.8) is 0 Å². The van der Waals surface area contributed by atoms with E-state index in [0.29, 0.717) is 27.8 Å². The van der Waals surface area contributed by atoms with E-state index in [-0.39, 0.29) is 16.5 Å². The third kappa shape index (κ3) is 4.35. The van der Waals surface area contributed by atoms with Crippen molar-refractivity contribution in [2.24, 2.45) is 0 Å². The molecule has 5 nitrogen and oxygen atoms in total. The maximum Gasteiger partial charge on any atom is 0.256 e. The number of nitrogens with one attached hydrogen (secondary N) is 1. The predicted molar refractivity (Wildman–Crippen MR) is 113 cm³/mol. The van der Waals surface area contributed by atoms with Crippen LogP contribution in [-0.2, 0) is 10.0 Å². The highest BCUT2D eigenvalue weighted by Gasteiger charge is 2.31. The number of halogens is 2. The number of nitrogens with zero attached hydrogens (tertiary/aromatic N) is 1. The molecular weight excluding hydrogens is 419 g/mol. The molecule has 1 N–H and O–H groups in total. The summed E-state index contributed by atoms with van der Waals surface area (Å²) in [6.45, 7) is 4.18. The van der Waals surface area contributed by atoms with Crippen LogP contribution in [-0.4, -0.2) is 31.2 Å². The molecule has 28 heavy (non-hydrogen) atoms. The first-order chi connectivity index (χ1) is 13.2. The number of amides is 1. The van der Waals surface area contributed by atoms with Crippen LogP contribution in [0.15, 0.2) is 41.3 Å². The number of sulfonamides is 1. The third-order valence-electron chi connectivity index (χ3n) is 4.98. The maximum atomic E-state index is 13.1. The first kappa shape index (κ1) is 21.1. The number of anilines is 1. The van der Waals surface area contributed by atoms with Crippen molar-refractivity contribution in [3.05, 3.63) is 57.6 Å². The summed E-state index contributed by atoms with van der Waals surface area (Å²) in [6, 6.07) is 9.35. The summed E-state index contributed by atoms with van der Waals surface area (Å²) in [7, 11) is -3.66. The van der Waals surface area contributed by atoms with Crippen molar-refractivity contribution in [2.45, 2.75) is 44.0 Å². The minimum absolute atomic E-state index is 0.0507. The number of carbonyl (C=O) groups excluding carboxylic acids is 1. The van der Waals surface area contributed by atoms with Crippen LogP contribution < -0.4 is 5.32 Å². The van der Waals surface area contributed by atoms with Crippen LogP contribution in [0.2, 0.25) is 10.0 Å². The Bertz CT molecular complexity index is 1010. The van der Waals surface area contributed by atoms with Gasteiger partial charge in [-0.3, -0.25) is 4.79 Å². The molecule has 0 spiro atoms. The van der Waals surface area contributed by atoms with E-state index in [2.05, 4.69) is 5.32 Å². The fraction of sp³-hybridized carbons (Fsp3) is 0.350. The maximum absolute atomic E-state index is 13.1. The van der Waals surface area contributed by atoms with E-state index >= 15 is 0 Å². The largest absolute Gasteiger partial charge is 0.321 e. The molecule has 1 atom stereocenters. The van der Waals surface area contributed by atoms with E-state index in [0.717, 1.165) is 19.3 Å². The number of hydrogen-bond donors (Lipinski definition) is 1. The summed E-state index contributed by atoms with van der Waals surface area (Å²) in [6.07, 6.45) is 2.71. The van der Waals surface area contributed by atoms with Crippen LogP contribution in [0.4, 0.5) is 5.69 Å². The molecule has 0 aliphatic carbocycles. The van der Waals surface area contributed by atoms with Crippen molar-refractivity contribution in [1.29, 1.82) is 0 Å². The highest BCUT2D eigenvalue weighted by Crippen LogP contribution is 2.28. The van der Waals surface area contributed by atoms with E-state index in [1.54, 1.807) is 31.2 Å². The number of aryl methyl sites for hydroxylation is 1. The molecule has 1 heterocycles. The average molecular weight is 441 g/mol. The Morgan fingerprint density at radius 3 is 2.57 bits per heavy atom. The topological polar surface area (TPSA) is 66.5 Å². The molecular formula is C20H22Cl2N2O3S. The van der Waals surface area contributed by atoms with Gasteiger partial charge in [0.25, 0.3) is 5.91 Å². The van der Waals surface area contributed by atoms with Gasteiger partial charge in [0, 0.05) is 23.2 Å². The Balaban J connectivity index is 1.91. The number of piperidine rings is 1. The quantitative estimate of drug-likeness (QED) is 0.717. The predicted octanol–water partition coefficient (Wildman–Crippen LogP) is 5.12. The summed E-state index contributed by atoms with van der Waals surface area (Å²) >= 11 is 12.0. The Hall–Kier alpha value is -1.60. The highest BCUT2D eigenvalue weighted by molar-refractivity contribution is 7.89. The van der Waals surface area contributed by atoms with Crippen molar-refractivity contribution >= 4 is 44.8 Å². The van der Waals surface area contributed by atoms with Gasteiger partial charge in [0.15, 0.2) is 0 Å². The van der Waals surface area contributed by atoms with Gasteiger partial charge in [0.1, 0.15) is 0 Å². The zero-order valence-corrected chi connectivity index (χ0v) is 18.0. The minimum atomic E-state index is -3.66. The lowest BCUT2D eigenvalue weighted by molar-refractivity contribution is 0.102. The Morgan fingerprint density at radius 2 is 1.89 bits per heavy atom. The highest BCUT2D eigenvalue weighted by atomic mass is 35.5. The molecule has 2 aromatic carbocycles. The van der Waals surface area contributed by atoms with E-state index in [1.807, 2.05) is 6.92 Å². The van der Waals surface area contributed by atoms with Crippen molar-refractivity contribution in [3.8, 4) is 0 Å². The van der Waals surface area contributed by atoms with Gasteiger partial charge >= 0.3 is 0 Å². The second kappa shape index (κ2) is 8.41. The first-order valence-corrected chi connectivity index (χ1v) is 11.3. The van der Waals surface area contributed by atoms with Crippen LogP contribution >= 0.6 is 23.2 Å². The van der Waals surface area contributed by atoms with Crippen LogP contribution in [0.1, 0.15) is 42.1 Å². The van der Waals surface area contributed by atoms with Crippen molar-refractivity contribution in [1.82, 2.24) is 4.31 Å². The second-order valence-corrected chi connectivity index (χ2v) is 9.75. The Labute approximate surface area is 175 Å². The molecule has 1 aliphatic rings. The van der Waals surface area contributed by atoms with Crippen LogP contribution in [0.5, 0.6) is 0 Å². The van der Waals surface area contributed by atoms with Crippen molar-refractivity contribution in [2.75, 3.05) is 11.9 Å². The fourth-order valence-corrected chi connectivity index (χ4v) is 5.53. The number of rotatable bonds is 4. The molecule has 1 aliphatic heterocycles. The SMILES string of the molecule is Cc1ccc(S(=O)(=O)N2CCCCC2C)cc1C(=O)Nc1ccc(Cl)cc1Cl. The molecule has 0 bridgehead atoms. The van der Waals surface area contributed by atoms with Gasteiger partial charge in [-0.15, -0.1) is 0 Å². The van der Waals surface area contributed by atoms with Crippen LogP contribution in [0, 0.1) is 6.92 Å². The molecule has 1 unspecified atom stereocenters. The monoisotopic (exact) mass is 440 g/mol.